The van der Waals surface area contributed by atoms with Crippen LogP contribution in [0, 0.1) is 6.92 Å². The van der Waals surface area contributed by atoms with Crippen molar-refractivity contribution in [3.8, 4) is 16.9 Å². The first-order chi connectivity index (χ1) is 10.6. The zero-order valence-electron chi connectivity index (χ0n) is 12.8. The summed E-state index contributed by atoms with van der Waals surface area (Å²) in [6, 6.07) is 22.9. The number of hydrogen-bond acceptors (Lipinski definition) is 1. The molecule has 1 nitrogen and oxygen atoms in total. The minimum atomic E-state index is -0.316. The Morgan fingerprint density at radius 1 is 0.727 bits per heavy atom. The van der Waals surface area contributed by atoms with Gasteiger partial charge in [-0.1, -0.05) is 66.2 Å². The fraction of sp³-hybridized carbons (Fsp3) is 0.143. The molecule has 0 saturated carbocycles. The normalized spacial score (nSPS) is 14.5. The van der Waals surface area contributed by atoms with Gasteiger partial charge in [0.1, 0.15) is 5.75 Å². The molecule has 3 aromatic rings. The van der Waals surface area contributed by atoms with Crippen molar-refractivity contribution >= 4 is 0 Å². The maximum absolute atomic E-state index is 10.5. The topological polar surface area (TPSA) is 20.2 Å². The quantitative estimate of drug-likeness (QED) is 0.665. The second-order valence-electron chi connectivity index (χ2n) is 6.24. The third-order valence-electron chi connectivity index (χ3n) is 4.91. The number of hydrogen-bond donors (Lipinski definition) is 1. The summed E-state index contributed by atoms with van der Waals surface area (Å²) in [5, 5.41) is 10.5. The highest BCUT2D eigenvalue weighted by Crippen LogP contribution is 2.53. The van der Waals surface area contributed by atoms with Gasteiger partial charge in [0.15, 0.2) is 0 Å². The number of benzene rings is 3. The van der Waals surface area contributed by atoms with Crippen LogP contribution < -0.4 is 0 Å². The zero-order valence-corrected chi connectivity index (χ0v) is 12.8. The third-order valence-corrected chi connectivity index (χ3v) is 4.91. The van der Waals surface area contributed by atoms with E-state index in [1.165, 1.54) is 22.3 Å². The van der Waals surface area contributed by atoms with Gasteiger partial charge in [0, 0.05) is 11.0 Å². The van der Waals surface area contributed by atoms with Crippen LogP contribution in [-0.4, -0.2) is 5.11 Å². The van der Waals surface area contributed by atoms with Gasteiger partial charge in [0.05, 0.1) is 0 Å². The summed E-state index contributed by atoms with van der Waals surface area (Å²) in [4.78, 5) is 0. The van der Waals surface area contributed by atoms with Crippen molar-refractivity contribution < 1.29 is 5.11 Å². The molecule has 0 spiro atoms. The van der Waals surface area contributed by atoms with Crippen molar-refractivity contribution in [1.29, 1.82) is 0 Å². The predicted octanol–water partition coefficient (Wildman–Crippen LogP) is 5.04. The molecule has 3 aromatic carbocycles. The largest absolute Gasteiger partial charge is 0.508 e. The standard InChI is InChI=1S/C21H18O/c1-14-11-12-20(22)19(13-14)21(2)17-9-5-3-7-15(17)16-8-4-6-10-18(16)21/h3-13,22H,1-2H3. The van der Waals surface area contributed by atoms with E-state index in [1.807, 2.05) is 6.07 Å². The highest BCUT2D eigenvalue weighted by atomic mass is 16.3. The molecule has 0 fully saturated rings. The summed E-state index contributed by atoms with van der Waals surface area (Å²) in [5.74, 6) is 0.361. The van der Waals surface area contributed by atoms with Gasteiger partial charge in [0.25, 0.3) is 0 Å². The fourth-order valence-electron chi connectivity index (χ4n) is 3.79. The summed E-state index contributed by atoms with van der Waals surface area (Å²) < 4.78 is 0. The second-order valence-corrected chi connectivity index (χ2v) is 6.24. The van der Waals surface area contributed by atoms with Gasteiger partial charge in [-0.2, -0.15) is 0 Å². The number of aryl methyl sites for hydroxylation is 1. The van der Waals surface area contributed by atoms with Gasteiger partial charge in [-0.25, -0.2) is 0 Å². The number of phenolic OH excluding ortho intramolecular Hbond substituents is 1. The molecule has 0 aliphatic heterocycles. The fourth-order valence-corrected chi connectivity index (χ4v) is 3.79. The van der Waals surface area contributed by atoms with Crippen molar-refractivity contribution in [3.05, 3.63) is 89.0 Å². The third kappa shape index (κ3) is 1.59. The number of fused-ring (bicyclic) bond motifs is 3. The lowest BCUT2D eigenvalue weighted by atomic mass is 9.73. The van der Waals surface area contributed by atoms with Crippen LogP contribution in [0.5, 0.6) is 5.75 Å². The Morgan fingerprint density at radius 2 is 1.27 bits per heavy atom. The van der Waals surface area contributed by atoms with Crippen LogP contribution in [0.15, 0.2) is 66.7 Å². The molecule has 4 rings (SSSR count). The molecule has 0 bridgehead atoms. The molecule has 1 aliphatic carbocycles. The molecule has 22 heavy (non-hydrogen) atoms. The summed E-state index contributed by atoms with van der Waals surface area (Å²) in [5.41, 5.74) is 6.88. The minimum Gasteiger partial charge on any atom is -0.508 e. The van der Waals surface area contributed by atoms with Crippen LogP contribution in [-0.2, 0) is 5.41 Å². The van der Waals surface area contributed by atoms with E-state index in [0.717, 1.165) is 11.1 Å². The molecular formula is C21H18O. The maximum Gasteiger partial charge on any atom is 0.120 e. The molecule has 0 aromatic heterocycles. The molecule has 1 heteroatoms. The Morgan fingerprint density at radius 3 is 1.86 bits per heavy atom. The van der Waals surface area contributed by atoms with Crippen molar-refractivity contribution in [2.75, 3.05) is 0 Å². The molecule has 0 atom stereocenters. The van der Waals surface area contributed by atoms with E-state index in [9.17, 15) is 5.11 Å². The van der Waals surface area contributed by atoms with Crippen molar-refractivity contribution in [2.24, 2.45) is 0 Å². The van der Waals surface area contributed by atoms with Crippen LogP contribution in [0.4, 0.5) is 0 Å². The summed E-state index contributed by atoms with van der Waals surface area (Å²) in [6.07, 6.45) is 0. The van der Waals surface area contributed by atoms with Gasteiger partial charge in [-0.3, -0.25) is 0 Å². The van der Waals surface area contributed by atoms with Crippen molar-refractivity contribution in [1.82, 2.24) is 0 Å². The maximum atomic E-state index is 10.5. The molecule has 0 unspecified atom stereocenters. The van der Waals surface area contributed by atoms with Crippen LogP contribution in [0.3, 0.4) is 0 Å². The first-order valence-electron chi connectivity index (χ1n) is 7.62. The first-order valence-corrected chi connectivity index (χ1v) is 7.62. The summed E-state index contributed by atoms with van der Waals surface area (Å²) in [6.45, 7) is 4.28. The summed E-state index contributed by atoms with van der Waals surface area (Å²) >= 11 is 0. The number of phenols is 1. The van der Waals surface area contributed by atoms with Crippen LogP contribution >= 0.6 is 0 Å². The molecule has 108 valence electrons. The minimum absolute atomic E-state index is 0.316. The Labute approximate surface area is 130 Å². The average molecular weight is 286 g/mol. The Balaban J connectivity index is 2.11. The van der Waals surface area contributed by atoms with Crippen molar-refractivity contribution in [3.63, 3.8) is 0 Å². The monoisotopic (exact) mass is 286 g/mol. The second kappa shape index (κ2) is 4.48. The van der Waals surface area contributed by atoms with E-state index in [4.69, 9.17) is 0 Å². The molecule has 0 amide bonds. The van der Waals surface area contributed by atoms with E-state index >= 15 is 0 Å². The van der Waals surface area contributed by atoms with Gasteiger partial charge in [0.2, 0.25) is 0 Å². The number of aromatic hydroxyl groups is 1. The lowest BCUT2D eigenvalue weighted by Crippen LogP contribution is -2.22. The van der Waals surface area contributed by atoms with E-state index in [2.05, 4.69) is 68.4 Å². The van der Waals surface area contributed by atoms with Gasteiger partial charge in [-0.05, 0) is 42.2 Å². The molecule has 1 aliphatic rings. The average Bonchev–Trinajstić information content (AvgIpc) is 2.81. The lowest BCUT2D eigenvalue weighted by molar-refractivity contribution is 0.458. The Kier molecular flexibility index (Phi) is 2.67. The molecule has 0 radical (unpaired) electrons. The van der Waals surface area contributed by atoms with Crippen LogP contribution in [0.25, 0.3) is 11.1 Å². The first kappa shape index (κ1) is 13.1. The van der Waals surface area contributed by atoms with Gasteiger partial charge < -0.3 is 5.11 Å². The van der Waals surface area contributed by atoms with E-state index in [1.54, 1.807) is 6.07 Å². The molecule has 0 heterocycles. The summed E-state index contributed by atoms with van der Waals surface area (Å²) in [7, 11) is 0. The van der Waals surface area contributed by atoms with Crippen LogP contribution in [0.1, 0.15) is 29.2 Å². The Hall–Kier alpha value is -2.54. The Bertz CT molecular complexity index is 831. The van der Waals surface area contributed by atoms with Crippen molar-refractivity contribution in [2.45, 2.75) is 19.3 Å². The van der Waals surface area contributed by atoms with Crippen LogP contribution in [0.2, 0.25) is 0 Å². The van der Waals surface area contributed by atoms with E-state index < -0.39 is 0 Å². The smallest absolute Gasteiger partial charge is 0.120 e. The molecule has 0 saturated heterocycles. The predicted molar refractivity (Wildman–Crippen MR) is 90.3 cm³/mol. The SMILES string of the molecule is Cc1ccc(O)c(C2(C)c3ccccc3-c3ccccc32)c1. The highest BCUT2D eigenvalue weighted by Gasteiger charge is 2.41. The lowest BCUT2D eigenvalue weighted by Gasteiger charge is -2.29. The molecular weight excluding hydrogens is 268 g/mol. The van der Waals surface area contributed by atoms with Gasteiger partial charge in [-0.15, -0.1) is 0 Å². The molecule has 1 N–H and O–H groups in total. The zero-order chi connectivity index (χ0) is 15.3. The highest BCUT2D eigenvalue weighted by molar-refractivity contribution is 5.83. The van der Waals surface area contributed by atoms with E-state index in [0.29, 0.717) is 5.75 Å². The number of rotatable bonds is 1. The van der Waals surface area contributed by atoms with Gasteiger partial charge >= 0.3 is 0 Å². The van der Waals surface area contributed by atoms with E-state index in [-0.39, 0.29) is 5.41 Å².